The van der Waals surface area contributed by atoms with Crippen molar-refractivity contribution in [3.8, 4) is 0 Å². The summed E-state index contributed by atoms with van der Waals surface area (Å²) in [4.78, 5) is 12.5. The Morgan fingerprint density at radius 2 is 1.62 bits per heavy atom. The van der Waals surface area contributed by atoms with Crippen LogP contribution in [0.1, 0.15) is 42.5 Å². The lowest BCUT2D eigenvalue weighted by Gasteiger charge is -2.34. The van der Waals surface area contributed by atoms with Crippen LogP contribution in [-0.4, -0.2) is 5.91 Å². The molecule has 0 aromatic heterocycles. The van der Waals surface area contributed by atoms with E-state index >= 15 is 0 Å². The van der Waals surface area contributed by atoms with Gasteiger partial charge in [0.25, 0.3) is 0 Å². The van der Waals surface area contributed by atoms with E-state index in [2.05, 4.69) is 31.3 Å². The molecule has 108 valence electrons. The molecule has 0 spiro atoms. The van der Waals surface area contributed by atoms with Crippen LogP contribution in [0.2, 0.25) is 0 Å². The lowest BCUT2D eigenvalue weighted by molar-refractivity contribution is -0.124. The van der Waals surface area contributed by atoms with Gasteiger partial charge in [0.15, 0.2) is 0 Å². The maximum absolute atomic E-state index is 12.5. The number of carbonyl (C=O) groups is 1. The van der Waals surface area contributed by atoms with Crippen molar-refractivity contribution in [3.63, 3.8) is 0 Å². The van der Waals surface area contributed by atoms with Gasteiger partial charge in [0.2, 0.25) is 5.91 Å². The number of nitrogen functional groups attached to an aromatic ring is 1. The lowest BCUT2D eigenvalue weighted by Crippen LogP contribution is -2.40. The summed E-state index contributed by atoms with van der Waals surface area (Å²) in [5.74, 6) is 0.301. The zero-order valence-corrected chi connectivity index (χ0v) is 12.3. The van der Waals surface area contributed by atoms with Gasteiger partial charge in [-0.05, 0) is 34.7 Å². The molecule has 0 radical (unpaired) electrons. The molecule has 3 N–H and O–H groups in total. The topological polar surface area (TPSA) is 55.1 Å². The van der Waals surface area contributed by atoms with E-state index in [-0.39, 0.29) is 23.8 Å². The Balaban J connectivity index is 2.09. The quantitative estimate of drug-likeness (QED) is 0.830. The number of hydrogen-bond donors (Lipinski definition) is 2. The van der Waals surface area contributed by atoms with Crippen LogP contribution in [0.15, 0.2) is 48.5 Å². The third-order valence-electron chi connectivity index (χ3n) is 4.15. The van der Waals surface area contributed by atoms with E-state index in [9.17, 15) is 4.79 Å². The average molecular weight is 280 g/mol. The molecule has 0 fully saturated rings. The standard InChI is InChI=1S/C18H20N2O/c1-11(2)16-14-5-3-4-6-15(14)17(20-18(16)21)12-7-9-13(19)10-8-12/h3-11,16-17H,19H2,1-2H3,(H,20,21)/t16-,17-/m1/s1. The Labute approximate surface area is 125 Å². The summed E-state index contributed by atoms with van der Waals surface area (Å²) in [6.45, 7) is 4.18. The van der Waals surface area contributed by atoms with Crippen LogP contribution in [0.4, 0.5) is 5.69 Å². The molecule has 0 bridgehead atoms. The van der Waals surface area contributed by atoms with Gasteiger partial charge in [-0.15, -0.1) is 0 Å². The van der Waals surface area contributed by atoms with Crippen LogP contribution >= 0.6 is 0 Å². The highest BCUT2D eigenvalue weighted by atomic mass is 16.2. The van der Waals surface area contributed by atoms with Crippen LogP contribution < -0.4 is 11.1 Å². The number of amides is 1. The molecule has 2 atom stereocenters. The average Bonchev–Trinajstić information content (AvgIpc) is 2.47. The summed E-state index contributed by atoms with van der Waals surface area (Å²) in [5.41, 5.74) is 9.86. The van der Waals surface area contributed by atoms with Gasteiger partial charge < -0.3 is 11.1 Å². The van der Waals surface area contributed by atoms with Gasteiger partial charge in [-0.25, -0.2) is 0 Å². The zero-order valence-electron chi connectivity index (χ0n) is 12.3. The van der Waals surface area contributed by atoms with Crippen molar-refractivity contribution >= 4 is 11.6 Å². The SMILES string of the molecule is CC(C)[C@H]1C(=O)N[C@H](c2ccc(N)cc2)c2ccccc21. The second kappa shape index (κ2) is 5.24. The number of anilines is 1. The number of fused-ring (bicyclic) bond motifs is 1. The molecule has 0 saturated carbocycles. The smallest absolute Gasteiger partial charge is 0.228 e. The van der Waals surface area contributed by atoms with Gasteiger partial charge in [-0.2, -0.15) is 0 Å². The van der Waals surface area contributed by atoms with Crippen molar-refractivity contribution < 1.29 is 4.79 Å². The molecular weight excluding hydrogens is 260 g/mol. The third-order valence-corrected chi connectivity index (χ3v) is 4.15. The first-order valence-corrected chi connectivity index (χ1v) is 7.32. The molecule has 3 rings (SSSR count). The number of nitrogens with two attached hydrogens (primary N) is 1. The Morgan fingerprint density at radius 1 is 1.00 bits per heavy atom. The first kappa shape index (κ1) is 13.7. The fourth-order valence-corrected chi connectivity index (χ4v) is 3.12. The van der Waals surface area contributed by atoms with Gasteiger partial charge in [-0.1, -0.05) is 50.2 Å². The van der Waals surface area contributed by atoms with E-state index in [0.717, 1.165) is 16.8 Å². The Bertz CT molecular complexity index is 661. The van der Waals surface area contributed by atoms with E-state index in [0.29, 0.717) is 0 Å². The van der Waals surface area contributed by atoms with Gasteiger partial charge in [0, 0.05) is 5.69 Å². The molecule has 0 unspecified atom stereocenters. The van der Waals surface area contributed by atoms with Crippen molar-refractivity contribution in [2.75, 3.05) is 5.73 Å². The second-order valence-electron chi connectivity index (χ2n) is 5.96. The fourth-order valence-electron chi connectivity index (χ4n) is 3.12. The summed E-state index contributed by atoms with van der Waals surface area (Å²) in [6, 6.07) is 15.8. The molecule has 2 aromatic rings. The van der Waals surface area contributed by atoms with Crippen LogP contribution in [0, 0.1) is 5.92 Å². The molecule has 1 amide bonds. The van der Waals surface area contributed by atoms with E-state index < -0.39 is 0 Å². The van der Waals surface area contributed by atoms with Crippen LogP contribution in [0.3, 0.4) is 0 Å². The fraction of sp³-hybridized carbons (Fsp3) is 0.278. The minimum atomic E-state index is -0.0932. The van der Waals surface area contributed by atoms with Crippen molar-refractivity contribution in [1.82, 2.24) is 5.32 Å². The molecule has 0 aliphatic carbocycles. The maximum atomic E-state index is 12.5. The van der Waals surface area contributed by atoms with Crippen molar-refractivity contribution in [2.45, 2.75) is 25.8 Å². The van der Waals surface area contributed by atoms with Crippen LogP contribution in [-0.2, 0) is 4.79 Å². The number of carbonyl (C=O) groups excluding carboxylic acids is 1. The highest BCUT2D eigenvalue weighted by molar-refractivity contribution is 5.87. The zero-order chi connectivity index (χ0) is 15.0. The molecule has 1 aliphatic heterocycles. The van der Waals surface area contributed by atoms with Crippen LogP contribution in [0.25, 0.3) is 0 Å². The predicted octanol–water partition coefficient (Wildman–Crippen LogP) is 3.23. The molecule has 2 aromatic carbocycles. The summed E-state index contributed by atoms with van der Waals surface area (Å²) in [6.07, 6.45) is 0. The lowest BCUT2D eigenvalue weighted by atomic mass is 9.78. The van der Waals surface area contributed by atoms with Gasteiger partial charge in [-0.3, -0.25) is 4.79 Å². The second-order valence-corrected chi connectivity index (χ2v) is 5.96. The molecule has 1 heterocycles. The molecule has 1 aliphatic rings. The Kier molecular flexibility index (Phi) is 3.42. The number of nitrogens with one attached hydrogen (secondary N) is 1. The summed E-state index contributed by atoms with van der Waals surface area (Å²) < 4.78 is 0. The predicted molar refractivity (Wildman–Crippen MR) is 84.9 cm³/mol. The minimum Gasteiger partial charge on any atom is -0.399 e. The van der Waals surface area contributed by atoms with Gasteiger partial charge in [0.1, 0.15) is 0 Å². The number of hydrogen-bond acceptors (Lipinski definition) is 2. The molecule has 3 nitrogen and oxygen atoms in total. The van der Waals surface area contributed by atoms with Gasteiger partial charge in [0.05, 0.1) is 12.0 Å². The van der Waals surface area contributed by atoms with E-state index in [4.69, 9.17) is 5.73 Å². The Morgan fingerprint density at radius 3 is 2.24 bits per heavy atom. The monoisotopic (exact) mass is 280 g/mol. The van der Waals surface area contributed by atoms with Crippen LogP contribution in [0.5, 0.6) is 0 Å². The highest BCUT2D eigenvalue weighted by Gasteiger charge is 2.35. The van der Waals surface area contributed by atoms with Crippen molar-refractivity contribution in [3.05, 3.63) is 65.2 Å². The molecule has 3 heteroatoms. The van der Waals surface area contributed by atoms with Crippen molar-refractivity contribution in [1.29, 1.82) is 0 Å². The largest absolute Gasteiger partial charge is 0.399 e. The van der Waals surface area contributed by atoms with E-state index in [1.54, 1.807) is 0 Å². The molecular formula is C18H20N2O. The van der Waals surface area contributed by atoms with E-state index in [1.165, 1.54) is 5.56 Å². The van der Waals surface area contributed by atoms with E-state index in [1.807, 2.05) is 36.4 Å². The van der Waals surface area contributed by atoms with Crippen molar-refractivity contribution in [2.24, 2.45) is 5.92 Å². The maximum Gasteiger partial charge on any atom is 0.228 e. The van der Waals surface area contributed by atoms with Gasteiger partial charge >= 0.3 is 0 Å². The summed E-state index contributed by atoms with van der Waals surface area (Å²) >= 11 is 0. The summed E-state index contributed by atoms with van der Waals surface area (Å²) in [5, 5.41) is 3.16. The molecule has 0 saturated heterocycles. The first-order valence-electron chi connectivity index (χ1n) is 7.32. The number of rotatable bonds is 2. The minimum absolute atomic E-state index is 0.0776. The normalized spacial score (nSPS) is 21.0. The third kappa shape index (κ3) is 2.40. The molecule has 21 heavy (non-hydrogen) atoms. The number of benzene rings is 2. The summed E-state index contributed by atoms with van der Waals surface area (Å²) in [7, 11) is 0. The first-order chi connectivity index (χ1) is 10.1. The Hall–Kier alpha value is -2.29. The highest BCUT2D eigenvalue weighted by Crippen LogP contribution is 2.37.